The van der Waals surface area contributed by atoms with Crippen molar-refractivity contribution in [3.8, 4) is 5.75 Å². The monoisotopic (exact) mass is 399 g/mol. The molecular formula is C27H29NO2. The van der Waals surface area contributed by atoms with Gasteiger partial charge in [-0.15, -0.1) is 0 Å². The van der Waals surface area contributed by atoms with Crippen molar-refractivity contribution in [2.24, 2.45) is 0 Å². The lowest BCUT2D eigenvalue weighted by Crippen LogP contribution is -2.39. The van der Waals surface area contributed by atoms with Crippen molar-refractivity contribution < 1.29 is 9.53 Å². The van der Waals surface area contributed by atoms with Crippen molar-refractivity contribution >= 4 is 5.91 Å². The fourth-order valence-electron chi connectivity index (χ4n) is 4.21. The summed E-state index contributed by atoms with van der Waals surface area (Å²) in [7, 11) is 0. The summed E-state index contributed by atoms with van der Waals surface area (Å²) in [5.41, 5.74) is 5.91. The van der Waals surface area contributed by atoms with Gasteiger partial charge in [0.05, 0.1) is 6.04 Å². The molecule has 1 N–H and O–H groups in total. The van der Waals surface area contributed by atoms with Crippen LogP contribution in [0, 0.1) is 6.92 Å². The van der Waals surface area contributed by atoms with Gasteiger partial charge in [0, 0.05) is 0 Å². The predicted octanol–water partition coefficient (Wildman–Crippen LogP) is 5.55. The molecule has 0 saturated heterocycles. The van der Waals surface area contributed by atoms with E-state index in [-0.39, 0.29) is 11.9 Å². The first-order valence-corrected chi connectivity index (χ1v) is 10.8. The van der Waals surface area contributed by atoms with Gasteiger partial charge in [0.15, 0.2) is 6.10 Å². The number of hydrogen-bond acceptors (Lipinski definition) is 2. The van der Waals surface area contributed by atoms with Crippen molar-refractivity contribution in [2.75, 3.05) is 0 Å². The van der Waals surface area contributed by atoms with E-state index < -0.39 is 6.10 Å². The minimum absolute atomic E-state index is 0.112. The highest BCUT2D eigenvalue weighted by molar-refractivity contribution is 5.81. The van der Waals surface area contributed by atoms with Crippen LogP contribution in [0.2, 0.25) is 0 Å². The summed E-state index contributed by atoms with van der Waals surface area (Å²) in [6, 6.07) is 24.3. The van der Waals surface area contributed by atoms with Gasteiger partial charge in [-0.05, 0) is 67.9 Å². The van der Waals surface area contributed by atoms with E-state index in [0.717, 1.165) is 29.7 Å². The van der Waals surface area contributed by atoms with E-state index in [1.54, 1.807) is 0 Å². The Hall–Kier alpha value is -3.07. The smallest absolute Gasteiger partial charge is 0.261 e. The maximum Gasteiger partial charge on any atom is 0.261 e. The van der Waals surface area contributed by atoms with Crippen molar-refractivity contribution in [2.45, 2.75) is 51.7 Å². The molecule has 1 aliphatic rings. The topological polar surface area (TPSA) is 38.3 Å². The zero-order valence-corrected chi connectivity index (χ0v) is 17.7. The van der Waals surface area contributed by atoms with Crippen molar-refractivity contribution in [3.05, 3.63) is 101 Å². The minimum atomic E-state index is -0.575. The Morgan fingerprint density at radius 2 is 1.63 bits per heavy atom. The molecule has 0 saturated carbocycles. The zero-order chi connectivity index (χ0) is 20.9. The molecule has 1 aliphatic carbocycles. The molecular weight excluding hydrogens is 370 g/mol. The van der Waals surface area contributed by atoms with E-state index in [4.69, 9.17) is 4.74 Å². The molecule has 3 nitrogen and oxygen atoms in total. The fourth-order valence-corrected chi connectivity index (χ4v) is 4.21. The van der Waals surface area contributed by atoms with Gasteiger partial charge >= 0.3 is 0 Å². The normalized spacial score (nSPS) is 15.0. The van der Waals surface area contributed by atoms with Crippen molar-refractivity contribution in [3.63, 3.8) is 0 Å². The molecule has 3 heteroatoms. The number of aryl methyl sites for hydroxylation is 2. The number of nitrogens with one attached hydrogen (secondary N) is 1. The Labute approximate surface area is 179 Å². The Bertz CT molecular complexity index is 1010. The predicted molar refractivity (Wildman–Crippen MR) is 121 cm³/mol. The van der Waals surface area contributed by atoms with Gasteiger partial charge < -0.3 is 10.1 Å². The number of rotatable bonds is 6. The SMILES string of the molecule is Cc1cccc([C@@H](NC(=O)[C@H](C)Oc2cccc3c2CCCC3)c2ccccc2)c1. The number of carbonyl (C=O) groups is 1. The molecule has 2 atom stereocenters. The van der Waals surface area contributed by atoms with Crippen LogP contribution >= 0.6 is 0 Å². The molecule has 3 aromatic rings. The zero-order valence-electron chi connectivity index (χ0n) is 17.7. The molecule has 0 aromatic heterocycles. The molecule has 3 aromatic carbocycles. The third-order valence-electron chi connectivity index (χ3n) is 5.82. The molecule has 154 valence electrons. The lowest BCUT2D eigenvalue weighted by Gasteiger charge is -2.25. The Kier molecular flexibility index (Phi) is 6.18. The maximum atomic E-state index is 13.1. The van der Waals surface area contributed by atoms with E-state index in [1.165, 1.54) is 29.5 Å². The average molecular weight is 400 g/mol. The van der Waals surface area contributed by atoms with Gasteiger partial charge in [0.25, 0.3) is 5.91 Å². The number of ether oxygens (including phenoxy) is 1. The second-order valence-corrected chi connectivity index (χ2v) is 8.13. The highest BCUT2D eigenvalue weighted by atomic mass is 16.5. The molecule has 0 heterocycles. The van der Waals surface area contributed by atoms with Crippen molar-refractivity contribution in [1.29, 1.82) is 0 Å². The van der Waals surface area contributed by atoms with Crippen LogP contribution in [0.15, 0.2) is 72.8 Å². The maximum absolute atomic E-state index is 13.1. The lowest BCUT2D eigenvalue weighted by molar-refractivity contribution is -0.127. The van der Waals surface area contributed by atoms with Crippen LogP contribution in [0.1, 0.15) is 53.6 Å². The number of fused-ring (bicyclic) bond motifs is 1. The second kappa shape index (κ2) is 9.17. The van der Waals surface area contributed by atoms with Gasteiger partial charge in [-0.25, -0.2) is 0 Å². The third-order valence-corrected chi connectivity index (χ3v) is 5.82. The van der Waals surface area contributed by atoms with Gasteiger partial charge in [0.2, 0.25) is 0 Å². The average Bonchev–Trinajstić information content (AvgIpc) is 2.78. The fraction of sp³-hybridized carbons (Fsp3) is 0.296. The standard InChI is InChI=1S/C27H29NO2/c1-19-10-8-15-23(18-19)26(22-12-4-3-5-13-22)28-27(29)20(2)30-25-17-9-14-21-11-6-7-16-24(21)25/h3-5,8-10,12-15,17-18,20,26H,6-7,11,16H2,1-2H3,(H,28,29)/t20-,26-/m0/s1. The van der Waals surface area contributed by atoms with Crippen LogP contribution in [0.4, 0.5) is 0 Å². The van der Waals surface area contributed by atoms with E-state index in [2.05, 4.69) is 36.5 Å². The first-order valence-electron chi connectivity index (χ1n) is 10.8. The molecule has 0 bridgehead atoms. The molecule has 4 rings (SSSR count). The molecule has 0 unspecified atom stereocenters. The third kappa shape index (κ3) is 4.56. The van der Waals surface area contributed by atoms with Crippen LogP contribution in [0.3, 0.4) is 0 Å². The van der Waals surface area contributed by atoms with E-state index in [9.17, 15) is 4.79 Å². The molecule has 0 aliphatic heterocycles. The molecule has 0 fully saturated rings. The number of hydrogen-bond donors (Lipinski definition) is 1. The molecule has 0 radical (unpaired) electrons. The minimum Gasteiger partial charge on any atom is -0.481 e. The van der Waals surface area contributed by atoms with Gasteiger partial charge in [-0.1, -0.05) is 72.3 Å². The lowest BCUT2D eigenvalue weighted by atomic mass is 9.91. The summed E-state index contributed by atoms with van der Waals surface area (Å²) in [6.45, 7) is 3.90. The number of benzene rings is 3. The van der Waals surface area contributed by atoms with Crippen LogP contribution in [0.5, 0.6) is 5.75 Å². The first-order chi connectivity index (χ1) is 14.6. The number of carbonyl (C=O) groups excluding carboxylic acids is 1. The van der Waals surface area contributed by atoms with Crippen LogP contribution in [0.25, 0.3) is 0 Å². The van der Waals surface area contributed by atoms with Crippen LogP contribution in [-0.2, 0) is 17.6 Å². The molecule has 1 amide bonds. The summed E-state index contributed by atoms with van der Waals surface area (Å²) in [5.74, 6) is 0.737. The molecule has 0 spiro atoms. The molecule has 30 heavy (non-hydrogen) atoms. The van der Waals surface area contributed by atoms with Gasteiger partial charge in [0.1, 0.15) is 5.75 Å². The summed E-state index contributed by atoms with van der Waals surface area (Å²) in [6.07, 6.45) is 3.94. The Morgan fingerprint density at radius 3 is 2.43 bits per heavy atom. The largest absolute Gasteiger partial charge is 0.481 e. The van der Waals surface area contributed by atoms with Gasteiger partial charge in [-0.2, -0.15) is 0 Å². The highest BCUT2D eigenvalue weighted by Crippen LogP contribution is 2.30. The number of amides is 1. The summed E-state index contributed by atoms with van der Waals surface area (Å²) in [4.78, 5) is 13.1. The quantitative estimate of drug-likeness (QED) is 0.590. The summed E-state index contributed by atoms with van der Waals surface area (Å²) < 4.78 is 6.16. The van der Waals surface area contributed by atoms with Gasteiger partial charge in [-0.3, -0.25) is 4.79 Å². The van der Waals surface area contributed by atoms with Crippen LogP contribution in [-0.4, -0.2) is 12.0 Å². The van der Waals surface area contributed by atoms with E-state index in [1.807, 2.05) is 55.5 Å². The highest BCUT2D eigenvalue weighted by Gasteiger charge is 2.23. The van der Waals surface area contributed by atoms with Crippen molar-refractivity contribution in [1.82, 2.24) is 5.32 Å². The van der Waals surface area contributed by atoms with E-state index >= 15 is 0 Å². The van der Waals surface area contributed by atoms with E-state index in [0.29, 0.717) is 0 Å². The van der Waals surface area contributed by atoms with Crippen LogP contribution < -0.4 is 10.1 Å². The Balaban J connectivity index is 1.54. The second-order valence-electron chi connectivity index (χ2n) is 8.13. The summed E-state index contributed by atoms with van der Waals surface area (Å²) >= 11 is 0. The summed E-state index contributed by atoms with van der Waals surface area (Å²) in [5, 5.41) is 3.21. The Morgan fingerprint density at radius 1 is 0.900 bits per heavy atom. The first kappa shape index (κ1) is 20.2.